The summed E-state index contributed by atoms with van der Waals surface area (Å²) in [5.74, 6) is -1.05. The lowest BCUT2D eigenvalue weighted by atomic mass is 9.86. The Kier molecular flexibility index (Phi) is 1.97. The standard InChI is InChI=1S/C16H14F2N2/c1-4-16-9(2)13(16)11-7-10(17)8-12(18)14(11)20-6-5-19(3)15(16)20/h7-8,13,15H,2,4H2,1,3H3/t13?,15-,16+/m0/s1. The van der Waals surface area contributed by atoms with Gasteiger partial charge in [-0.2, -0.15) is 0 Å². The average Bonchev–Trinajstić information content (AvgIpc) is 2.82. The third kappa shape index (κ3) is 1.07. The highest BCUT2D eigenvalue weighted by Gasteiger charge is 2.69. The van der Waals surface area contributed by atoms with E-state index in [-0.39, 0.29) is 17.5 Å². The number of rotatable bonds is 1. The van der Waals surface area contributed by atoms with Crippen LogP contribution in [0, 0.1) is 29.1 Å². The molecule has 0 bridgehead atoms. The normalized spacial score (nSPS) is 32.3. The van der Waals surface area contributed by atoms with E-state index in [1.807, 2.05) is 11.9 Å². The van der Waals surface area contributed by atoms with Gasteiger partial charge in [-0.3, -0.25) is 4.90 Å². The third-order valence-corrected chi connectivity index (χ3v) is 4.99. The molecular formula is C16H14F2N2. The minimum Gasteiger partial charge on any atom is -0.311 e. The predicted octanol–water partition coefficient (Wildman–Crippen LogP) is 3.02. The van der Waals surface area contributed by atoms with Crippen LogP contribution in [0.25, 0.3) is 0 Å². The molecule has 4 rings (SSSR count). The molecule has 0 aromatic heterocycles. The number of anilines is 1. The molecule has 1 saturated carbocycles. The zero-order valence-corrected chi connectivity index (χ0v) is 11.4. The van der Waals surface area contributed by atoms with Crippen LogP contribution in [0.1, 0.15) is 24.8 Å². The first kappa shape index (κ1) is 11.8. The molecular weight excluding hydrogens is 258 g/mol. The van der Waals surface area contributed by atoms with E-state index in [2.05, 4.69) is 25.6 Å². The van der Waals surface area contributed by atoms with E-state index in [9.17, 15) is 8.78 Å². The van der Waals surface area contributed by atoms with Crippen molar-refractivity contribution in [2.75, 3.05) is 11.9 Å². The van der Waals surface area contributed by atoms with Crippen LogP contribution in [0.5, 0.6) is 0 Å². The van der Waals surface area contributed by atoms with Gasteiger partial charge in [0.1, 0.15) is 12.0 Å². The lowest BCUT2D eigenvalue weighted by molar-refractivity contribution is 0.231. The molecule has 0 N–H and O–H groups in total. The van der Waals surface area contributed by atoms with Gasteiger partial charge in [-0.15, -0.1) is 0 Å². The van der Waals surface area contributed by atoms with Crippen LogP contribution in [0.2, 0.25) is 0 Å². The van der Waals surface area contributed by atoms with Crippen LogP contribution in [0.3, 0.4) is 0 Å². The summed E-state index contributed by atoms with van der Waals surface area (Å²) in [7, 11) is 1.91. The summed E-state index contributed by atoms with van der Waals surface area (Å²) >= 11 is 0. The van der Waals surface area contributed by atoms with Crippen molar-refractivity contribution < 1.29 is 8.78 Å². The molecule has 2 aliphatic heterocycles. The fraction of sp³-hybridized carbons (Fsp3) is 0.375. The molecule has 3 atom stereocenters. The molecule has 3 aliphatic rings. The Labute approximate surface area is 116 Å². The van der Waals surface area contributed by atoms with Crippen molar-refractivity contribution in [3.8, 4) is 12.1 Å². The van der Waals surface area contributed by atoms with Crippen molar-refractivity contribution in [3.05, 3.63) is 41.5 Å². The lowest BCUT2D eigenvalue weighted by Crippen LogP contribution is -2.48. The first-order chi connectivity index (χ1) is 9.52. The number of benzene rings is 1. The minimum atomic E-state index is -0.543. The van der Waals surface area contributed by atoms with Crippen molar-refractivity contribution in [2.24, 2.45) is 5.41 Å². The summed E-state index contributed by atoms with van der Waals surface area (Å²) in [6.07, 6.45) is 0.820. The van der Waals surface area contributed by atoms with Gasteiger partial charge in [0, 0.05) is 36.5 Å². The Morgan fingerprint density at radius 3 is 2.80 bits per heavy atom. The Bertz CT molecular complexity index is 715. The van der Waals surface area contributed by atoms with Gasteiger partial charge < -0.3 is 4.90 Å². The smallest absolute Gasteiger partial charge is 0.150 e. The number of hydrogen-bond acceptors (Lipinski definition) is 2. The Morgan fingerprint density at radius 2 is 2.10 bits per heavy atom. The quantitative estimate of drug-likeness (QED) is 0.573. The second kappa shape index (κ2) is 3.35. The van der Waals surface area contributed by atoms with Crippen LogP contribution < -0.4 is 4.90 Å². The van der Waals surface area contributed by atoms with Crippen LogP contribution in [-0.4, -0.2) is 18.1 Å². The number of hydrogen-bond donors (Lipinski definition) is 0. The summed E-state index contributed by atoms with van der Waals surface area (Å²) in [6, 6.07) is 8.32. The molecule has 20 heavy (non-hydrogen) atoms. The Hall–Kier alpha value is -2.02. The second-order valence-electron chi connectivity index (χ2n) is 5.76. The SMILES string of the molecule is C=C1C2c3cc(F)cc(F)c3N3C#CN(C)[C@@H]3[C@]12CC. The molecule has 2 nitrogen and oxygen atoms in total. The molecule has 1 unspecified atom stereocenters. The third-order valence-electron chi connectivity index (χ3n) is 4.99. The lowest BCUT2D eigenvalue weighted by Gasteiger charge is -2.40. The van der Waals surface area contributed by atoms with Crippen LogP contribution in [0.4, 0.5) is 14.5 Å². The van der Waals surface area contributed by atoms with E-state index in [1.54, 1.807) is 4.90 Å². The van der Waals surface area contributed by atoms with Crippen LogP contribution in [0.15, 0.2) is 24.3 Å². The topological polar surface area (TPSA) is 6.48 Å². The molecule has 1 fully saturated rings. The van der Waals surface area contributed by atoms with E-state index >= 15 is 0 Å². The van der Waals surface area contributed by atoms with Gasteiger partial charge in [0.25, 0.3) is 0 Å². The highest BCUT2D eigenvalue weighted by atomic mass is 19.1. The van der Waals surface area contributed by atoms with E-state index in [0.29, 0.717) is 11.3 Å². The van der Waals surface area contributed by atoms with Gasteiger partial charge in [0.2, 0.25) is 0 Å². The molecule has 0 radical (unpaired) electrons. The van der Waals surface area contributed by atoms with Gasteiger partial charge >= 0.3 is 0 Å². The molecule has 4 heteroatoms. The highest BCUT2D eigenvalue weighted by Crippen LogP contribution is 2.73. The van der Waals surface area contributed by atoms with E-state index < -0.39 is 11.6 Å². The van der Waals surface area contributed by atoms with Gasteiger partial charge in [-0.25, -0.2) is 8.78 Å². The molecule has 1 aliphatic carbocycles. The molecule has 1 aromatic carbocycles. The number of nitrogens with zero attached hydrogens (tertiary/aromatic N) is 2. The highest BCUT2D eigenvalue weighted by molar-refractivity contribution is 5.73. The molecule has 2 heterocycles. The summed E-state index contributed by atoms with van der Waals surface area (Å²) < 4.78 is 27.8. The monoisotopic (exact) mass is 272 g/mol. The van der Waals surface area contributed by atoms with Crippen molar-refractivity contribution in [3.63, 3.8) is 0 Å². The first-order valence-electron chi connectivity index (χ1n) is 6.74. The van der Waals surface area contributed by atoms with Crippen molar-refractivity contribution in [2.45, 2.75) is 25.4 Å². The van der Waals surface area contributed by atoms with Gasteiger partial charge in [0.15, 0.2) is 5.82 Å². The minimum absolute atomic E-state index is 0.0260. The van der Waals surface area contributed by atoms with Gasteiger partial charge in [-0.05, 0) is 18.1 Å². The van der Waals surface area contributed by atoms with Crippen molar-refractivity contribution in [1.82, 2.24) is 4.90 Å². The van der Waals surface area contributed by atoms with Crippen LogP contribution in [-0.2, 0) is 0 Å². The van der Waals surface area contributed by atoms with Gasteiger partial charge in [0.05, 0.1) is 5.69 Å². The number of fused-ring (bicyclic) bond motifs is 6. The summed E-state index contributed by atoms with van der Waals surface area (Å²) in [5.41, 5.74) is 2.01. The Balaban J connectivity index is 2.01. The summed E-state index contributed by atoms with van der Waals surface area (Å²) in [6.45, 7) is 6.25. The fourth-order valence-corrected chi connectivity index (χ4v) is 4.10. The zero-order chi connectivity index (χ0) is 14.2. The maximum atomic E-state index is 14.2. The first-order valence-corrected chi connectivity index (χ1v) is 6.74. The molecule has 102 valence electrons. The van der Waals surface area contributed by atoms with E-state index in [1.165, 1.54) is 6.07 Å². The fourth-order valence-electron chi connectivity index (χ4n) is 4.10. The molecule has 0 amide bonds. The Morgan fingerprint density at radius 1 is 1.35 bits per heavy atom. The van der Waals surface area contributed by atoms with E-state index in [0.717, 1.165) is 18.1 Å². The average molecular weight is 272 g/mol. The van der Waals surface area contributed by atoms with Crippen molar-refractivity contribution in [1.29, 1.82) is 0 Å². The van der Waals surface area contributed by atoms with Crippen LogP contribution >= 0.6 is 0 Å². The summed E-state index contributed by atoms with van der Waals surface area (Å²) in [5, 5.41) is 0. The maximum absolute atomic E-state index is 14.2. The zero-order valence-electron chi connectivity index (χ0n) is 11.4. The molecule has 1 aromatic rings. The predicted molar refractivity (Wildman–Crippen MR) is 72.8 cm³/mol. The molecule has 0 saturated heterocycles. The maximum Gasteiger partial charge on any atom is 0.150 e. The summed E-state index contributed by atoms with van der Waals surface area (Å²) in [4.78, 5) is 3.67. The molecule has 0 spiro atoms. The van der Waals surface area contributed by atoms with E-state index in [4.69, 9.17) is 0 Å². The van der Waals surface area contributed by atoms with Gasteiger partial charge in [-0.1, -0.05) is 19.1 Å². The second-order valence-corrected chi connectivity index (χ2v) is 5.76. The largest absolute Gasteiger partial charge is 0.311 e. The number of halogens is 2. The van der Waals surface area contributed by atoms with Crippen molar-refractivity contribution >= 4 is 5.69 Å².